The summed E-state index contributed by atoms with van der Waals surface area (Å²) >= 11 is 0. The molecule has 0 radical (unpaired) electrons. The van der Waals surface area contributed by atoms with E-state index in [1.165, 1.54) is 0 Å². The smallest absolute Gasteiger partial charge is 0.341 e. The summed E-state index contributed by atoms with van der Waals surface area (Å²) in [6.07, 6.45) is 2.11. The third-order valence-corrected chi connectivity index (χ3v) is 4.42. The predicted octanol–water partition coefficient (Wildman–Crippen LogP) is 2.56. The van der Waals surface area contributed by atoms with Crippen molar-refractivity contribution in [3.63, 3.8) is 0 Å². The fourth-order valence-corrected chi connectivity index (χ4v) is 3.10. The number of benzene rings is 1. The van der Waals surface area contributed by atoms with E-state index < -0.39 is 12.6 Å². The van der Waals surface area contributed by atoms with Crippen LogP contribution in [0.3, 0.4) is 0 Å². The molecule has 1 heterocycles. The first kappa shape index (κ1) is 21.5. The highest BCUT2D eigenvalue weighted by Gasteiger charge is 2.25. The quantitative estimate of drug-likeness (QED) is 0.631. The molecule has 1 saturated heterocycles. The molecule has 1 atom stereocenters. The molecule has 1 aromatic carbocycles. The van der Waals surface area contributed by atoms with E-state index in [-0.39, 0.29) is 17.9 Å². The van der Waals surface area contributed by atoms with Crippen LogP contribution in [0, 0.1) is 11.8 Å². The molecule has 154 valence electrons. The zero-order chi connectivity index (χ0) is 20.5. The minimum absolute atomic E-state index is 0.0675. The molecule has 0 aromatic heterocycles. The van der Waals surface area contributed by atoms with Crippen molar-refractivity contribution in [2.75, 3.05) is 31.6 Å². The van der Waals surface area contributed by atoms with Crippen LogP contribution in [0.5, 0.6) is 5.75 Å². The van der Waals surface area contributed by atoms with Crippen molar-refractivity contribution >= 4 is 23.6 Å². The van der Waals surface area contributed by atoms with Gasteiger partial charge < -0.3 is 25.4 Å². The highest BCUT2D eigenvalue weighted by molar-refractivity contribution is 5.91. The molecular weight excluding hydrogens is 362 g/mol. The number of carboxylic acid groups (broad SMARTS) is 1. The number of nitrogens with one attached hydrogen (secondary N) is 2. The Morgan fingerprint density at radius 2 is 2.11 bits per heavy atom. The summed E-state index contributed by atoms with van der Waals surface area (Å²) in [6.45, 7) is 5.58. The molecule has 3 N–H and O–H groups in total. The average molecular weight is 391 g/mol. The van der Waals surface area contributed by atoms with Crippen LogP contribution in [0.1, 0.15) is 33.1 Å². The topological polar surface area (TPSA) is 108 Å². The molecule has 1 aliphatic rings. The molecule has 28 heavy (non-hydrogen) atoms. The first-order chi connectivity index (χ1) is 13.3. The maximum atomic E-state index is 12.4. The lowest BCUT2D eigenvalue weighted by molar-refractivity contribution is -0.139. The molecule has 0 aliphatic carbocycles. The van der Waals surface area contributed by atoms with Gasteiger partial charge in [-0.25, -0.2) is 9.59 Å². The van der Waals surface area contributed by atoms with E-state index in [2.05, 4.69) is 10.6 Å². The van der Waals surface area contributed by atoms with Gasteiger partial charge in [-0.1, -0.05) is 19.9 Å². The van der Waals surface area contributed by atoms with Gasteiger partial charge in [0.1, 0.15) is 5.75 Å². The summed E-state index contributed by atoms with van der Waals surface area (Å²) in [6, 6.07) is 6.56. The van der Waals surface area contributed by atoms with Gasteiger partial charge in [0.15, 0.2) is 6.61 Å². The number of nitrogens with zero attached hydrogens (tertiary/aromatic N) is 1. The Hall–Kier alpha value is -2.77. The van der Waals surface area contributed by atoms with Crippen LogP contribution in [0.15, 0.2) is 24.3 Å². The summed E-state index contributed by atoms with van der Waals surface area (Å²) in [7, 11) is 0. The van der Waals surface area contributed by atoms with Crippen LogP contribution in [0.2, 0.25) is 0 Å². The van der Waals surface area contributed by atoms with Gasteiger partial charge in [-0.05, 0) is 36.8 Å². The average Bonchev–Trinajstić information content (AvgIpc) is 2.64. The Morgan fingerprint density at radius 1 is 1.32 bits per heavy atom. The van der Waals surface area contributed by atoms with Crippen molar-refractivity contribution < 1.29 is 24.2 Å². The van der Waals surface area contributed by atoms with Crippen molar-refractivity contribution in [3.05, 3.63) is 24.3 Å². The van der Waals surface area contributed by atoms with E-state index in [1.807, 2.05) is 13.8 Å². The molecule has 1 unspecified atom stereocenters. The zero-order valence-electron chi connectivity index (χ0n) is 16.4. The summed E-state index contributed by atoms with van der Waals surface area (Å²) in [5, 5.41) is 14.4. The second kappa shape index (κ2) is 10.5. The SMILES string of the molecule is CC(C)CNC(=O)N1CCCC(CC(=O)Nc2cccc(OCC(=O)O)c2)C1. The molecule has 0 bridgehead atoms. The minimum Gasteiger partial charge on any atom is -0.482 e. The highest BCUT2D eigenvalue weighted by Crippen LogP contribution is 2.22. The number of aliphatic carboxylic acids is 1. The van der Waals surface area contributed by atoms with Crippen molar-refractivity contribution in [2.45, 2.75) is 33.1 Å². The van der Waals surface area contributed by atoms with E-state index in [0.717, 1.165) is 12.8 Å². The lowest BCUT2D eigenvalue weighted by Gasteiger charge is -2.32. The Kier molecular flexibility index (Phi) is 8.10. The maximum absolute atomic E-state index is 12.4. The van der Waals surface area contributed by atoms with E-state index in [0.29, 0.717) is 43.4 Å². The van der Waals surface area contributed by atoms with Crippen LogP contribution in [-0.4, -0.2) is 54.2 Å². The van der Waals surface area contributed by atoms with Crippen molar-refractivity contribution in [1.82, 2.24) is 10.2 Å². The number of carbonyl (C=O) groups is 3. The van der Waals surface area contributed by atoms with E-state index >= 15 is 0 Å². The Balaban J connectivity index is 1.83. The van der Waals surface area contributed by atoms with Crippen molar-refractivity contribution in [2.24, 2.45) is 11.8 Å². The van der Waals surface area contributed by atoms with Gasteiger partial charge in [-0.15, -0.1) is 0 Å². The normalized spacial score (nSPS) is 16.5. The maximum Gasteiger partial charge on any atom is 0.341 e. The summed E-state index contributed by atoms with van der Waals surface area (Å²) in [5.41, 5.74) is 0.551. The van der Waals surface area contributed by atoms with Crippen LogP contribution in [-0.2, 0) is 9.59 Å². The largest absolute Gasteiger partial charge is 0.482 e. The van der Waals surface area contributed by atoms with Crippen LogP contribution < -0.4 is 15.4 Å². The van der Waals surface area contributed by atoms with Crippen molar-refractivity contribution in [1.29, 1.82) is 0 Å². The second-order valence-corrected chi connectivity index (χ2v) is 7.50. The van der Waals surface area contributed by atoms with E-state index in [9.17, 15) is 14.4 Å². The van der Waals surface area contributed by atoms with Gasteiger partial charge in [0.25, 0.3) is 0 Å². The summed E-state index contributed by atoms with van der Waals surface area (Å²) in [5.74, 6) is -0.306. The fourth-order valence-electron chi connectivity index (χ4n) is 3.10. The number of hydrogen-bond donors (Lipinski definition) is 3. The summed E-state index contributed by atoms with van der Waals surface area (Å²) in [4.78, 5) is 37.0. The fraction of sp³-hybridized carbons (Fsp3) is 0.550. The van der Waals surface area contributed by atoms with Crippen LogP contribution in [0.4, 0.5) is 10.5 Å². The second-order valence-electron chi connectivity index (χ2n) is 7.50. The van der Waals surface area contributed by atoms with E-state index in [4.69, 9.17) is 9.84 Å². The molecule has 0 saturated carbocycles. The molecule has 1 fully saturated rings. The highest BCUT2D eigenvalue weighted by atomic mass is 16.5. The summed E-state index contributed by atoms with van der Waals surface area (Å²) < 4.78 is 5.12. The molecule has 1 aromatic rings. The zero-order valence-corrected chi connectivity index (χ0v) is 16.4. The first-order valence-electron chi connectivity index (χ1n) is 9.60. The predicted molar refractivity (Wildman–Crippen MR) is 105 cm³/mol. The van der Waals surface area contributed by atoms with E-state index in [1.54, 1.807) is 29.2 Å². The molecule has 2 rings (SSSR count). The third kappa shape index (κ3) is 7.46. The number of hydrogen-bond acceptors (Lipinski definition) is 4. The number of ether oxygens (including phenoxy) is 1. The Labute approximate surface area is 165 Å². The van der Waals surface area contributed by atoms with Gasteiger partial charge in [0.05, 0.1) is 0 Å². The number of likely N-dealkylation sites (tertiary alicyclic amines) is 1. The number of piperidine rings is 1. The molecule has 3 amide bonds. The number of rotatable bonds is 8. The number of amides is 3. The van der Waals surface area contributed by atoms with Gasteiger partial charge in [-0.3, -0.25) is 4.79 Å². The molecule has 0 spiro atoms. The number of carboxylic acids is 1. The molecule has 8 nitrogen and oxygen atoms in total. The Bertz CT molecular complexity index is 692. The van der Waals surface area contributed by atoms with Gasteiger partial charge in [0, 0.05) is 37.8 Å². The standard InChI is InChI=1S/C20H29N3O5/c1-14(2)11-21-20(27)23-8-4-5-15(12-23)9-18(24)22-16-6-3-7-17(10-16)28-13-19(25)26/h3,6-7,10,14-15H,4-5,8-9,11-13H2,1-2H3,(H,21,27)(H,22,24)(H,25,26). The number of urea groups is 1. The Morgan fingerprint density at radius 3 is 2.82 bits per heavy atom. The number of anilines is 1. The molecule has 8 heteroatoms. The monoisotopic (exact) mass is 391 g/mol. The minimum atomic E-state index is -1.06. The molecule has 1 aliphatic heterocycles. The van der Waals surface area contributed by atoms with Crippen LogP contribution >= 0.6 is 0 Å². The first-order valence-corrected chi connectivity index (χ1v) is 9.60. The lowest BCUT2D eigenvalue weighted by atomic mass is 9.94. The van der Waals surface area contributed by atoms with Gasteiger partial charge in [-0.2, -0.15) is 0 Å². The van der Waals surface area contributed by atoms with Crippen molar-refractivity contribution in [3.8, 4) is 5.75 Å². The number of carbonyl (C=O) groups excluding carboxylic acids is 2. The van der Waals surface area contributed by atoms with Gasteiger partial charge >= 0.3 is 12.0 Å². The van der Waals surface area contributed by atoms with Gasteiger partial charge in [0.2, 0.25) is 5.91 Å². The van der Waals surface area contributed by atoms with Crippen LogP contribution in [0.25, 0.3) is 0 Å². The third-order valence-electron chi connectivity index (χ3n) is 4.42. The lowest BCUT2D eigenvalue weighted by Crippen LogP contribution is -2.46. The molecular formula is C20H29N3O5.